The smallest absolute Gasteiger partial charge is 0.196 e. The normalized spacial score (nSPS) is 12.3. The number of rotatable bonds is 8. The Morgan fingerprint density at radius 2 is 2.23 bits per heavy atom. The molecule has 0 unspecified atom stereocenters. The Morgan fingerprint density at radius 3 is 2.88 bits per heavy atom. The van der Waals surface area contributed by atoms with Gasteiger partial charge >= 0.3 is 0 Å². The predicted octanol–water partition coefficient (Wildman–Crippen LogP) is 3.06. The fourth-order valence-electron chi connectivity index (χ4n) is 2.60. The average molecular weight is 371 g/mol. The number of anilines is 1. The van der Waals surface area contributed by atoms with Gasteiger partial charge in [-0.3, -0.25) is 9.78 Å². The number of aromatic amines is 1. The van der Waals surface area contributed by atoms with Crippen molar-refractivity contribution >= 4 is 34.9 Å². The minimum atomic E-state index is -0.487. The Balaban J connectivity index is 2.05. The number of aromatic nitrogens is 4. The van der Waals surface area contributed by atoms with Gasteiger partial charge in [-0.25, -0.2) is 9.97 Å². The molecular formula is C18H21N5O2S. The number of hydrogen-bond donors (Lipinski definition) is 3. The second-order valence-corrected chi connectivity index (χ2v) is 6.84. The quantitative estimate of drug-likeness (QED) is 0.413. The summed E-state index contributed by atoms with van der Waals surface area (Å²) in [4.78, 5) is 29.0. The van der Waals surface area contributed by atoms with Crippen LogP contribution in [-0.2, 0) is 6.42 Å². The molecule has 7 nitrogen and oxygen atoms in total. The van der Waals surface area contributed by atoms with E-state index in [0.717, 1.165) is 16.9 Å². The van der Waals surface area contributed by atoms with Crippen molar-refractivity contribution in [2.24, 2.45) is 0 Å². The van der Waals surface area contributed by atoms with E-state index in [1.807, 2.05) is 26.0 Å². The highest BCUT2D eigenvalue weighted by atomic mass is 32.2. The SMILES string of the molecule is CCc1[nH]c2nc(Sc3cccnc3)nc(NC[C@@H](O)CC)c2c1C=O. The molecular weight excluding hydrogens is 350 g/mol. The summed E-state index contributed by atoms with van der Waals surface area (Å²) < 4.78 is 0. The van der Waals surface area contributed by atoms with Gasteiger partial charge in [0.2, 0.25) is 0 Å². The maximum atomic E-state index is 11.6. The zero-order valence-electron chi connectivity index (χ0n) is 14.7. The lowest BCUT2D eigenvalue weighted by Crippen LogP contribution is -2.19. The first-order chi connectivity index (χ1) is 12.7. The van der Waals surface area contributed by atoms with Crippen LogP contribution in [0.1, 0.15) is 36.3 Å². The first-order valence-electron chi connectivity index (χ1n) is 8.53. The van der Waals surface area contributed by atoms with E-state index in [0.29, 0.717) is 47.0 Å². The number of aliphatic hydroxyl groups excluding tert-OH is 1. The van der Waals surface area contributed by atoms with E-state index in [1.54, 1.807) is 12.4 Å². The Bertz CT molecular complexity index is 897. The Labute approximate surface area is 155 Å². The summed E-state index contributed by atoms with van der Waals surface area (Å²) in [5, 5.41) is 14.2. The third-order valence-corrected chi connectivity index (χ3v) is 4.89. The summed E-state index contributed by atoms with van der Waals surface area (Å²) in [5.74, 6) is 0.548. The number of aryl methyl sites for hydroxylation is 1. The van der Waals surface area contributed by atoms with Crippen LogP contribution in [0.2, 0.25) is 0 Å². The summed E-state index contributed by atoms with van der Waals surface area (Å²) in [6.45, 7) is 4.24. The molecule has 3 heterocycles. The molecule has 0 aliphatic heterocycles. The minimum Gasteiger partial charge on any atom is -0.391 e. The van der Waals surface area contributed by atoms with E-state index in [-0.39, 0.29) is 0 Å². The molecule has 3 aromatic rings. The zero-order chi connectivity index (χ0) is 18.5. The van der Waals surface area contributed by atoms with Crippen molar-refractivity contribution in [3.05, 3.63) is 35.8 Å². The molecule has 26 heavy (non-hydrogen) atoms. The fourth-order valence-corrected chi connectivity index (χ4v) is 3.35. The van der Waals surface area contributed by atoms with Gasteiger partial charge in [0.25, 0.3) is 0 Å². The Hall–Kier alpha value is -2.45. The summed E-state index contributed by atoms with van der Waals surface area (Å²) in [6.07, 6.45) is 5.12. The Kier molecular flexibility index (Phi) is 5.85. The minimum absolute atomic E-state index is 0.352. The molecule has 0 aliphatic rings. The summed E-state index contributed by atoms with van der Waals surface area (Å²) in [7, 11) is 0. The first kappa shape index (κ1) is 18.3. The van der Waals surface area contributed by atoms with E-state index < -0.39 is 6.10 Å². The number of carbonyl (C=O) groups excluding carboxylic acids is 1. The number of nitrogens with one attached hydrogen (secondary N) is 2. The van der Waals surface area contributed by atoms with E-state index in [4.69, 9.17) is 0 Å². The molecule has 0 aromatic carbocycles. The van der Waals surface area contributed by atoms with E-state index >= 15 is 0 Å². The molecule has 0 saturated heterocycles. The van der Waals surface area contributed by atoms with Gasteiger partial charge in [-0.2, -0.15) is 0 Å². The Morgan fingerprint density at radius 1 is 1.38 bits per heavy atom. The molecule has 136 valence electrons. The topological polar surface area (TPSA) is 104 Å². The molecule has 1 atom stereocenters. The van der Waals surface area contributed by atoms with E-state index in [1.165, 1.54) is 11.8 Å². The number of carbonyl (C=O) groups is 1. The predicted molar refractivity (Wildman–Crippen MR) is 102 cm³/mol. The molecule has 0 bridgehead atoms. The van der Waals surface area contributed by atoms with Crippen LogP contribution >= 0.6 is 11.8 Å². The first-order valence-corrected chi connectivity index (χ1v) is 9.35. The molecule has 0 aliphatic carbocycles. The second kappa shape index (κ2) is 8.29. The van der Waals surface area contributed by atoms with Gasteiger partial charge < -0.3 is 15.4 Å². The average Bonchev–Trinajstić information content (AvgIpc) is 3.04. The number of H-pyrrole nitrogens is 1. The fraction of sp³-hybridized carbons (Fsp3) is 0.333. The molecule has 3 rings (SSSR count). The van der Waals surface area contributed by atoms with Crippen LogP contribution in [0.5, 0.6) is 0 Å². The summed E-state index contributed by atoms with van der Waals surface area (Å²) >= 11 is 1.39. The van der Waals surface area contributed by atoms with Crippen LogP contribution in [-0.4, -0.2) is 44.0 Å². The van der Waals surface area contributed by atoms with Gasteiger partial charge in [-0.15, -0.1) is 0 Å². The van der Waals surface area contributed by atoms with Crippen molar-refractivity contribution in [3.63, 3.8) is 0 Å². The molecule has 0 saturated carbocycles. The van der Waals surface area contributed by atoms with Crippen molar-refractivity contribution < 1.29 is 9.90 Å². The third kappa shape index (κ3) is 3.86. The molecule has 0 fully saturated rings. The number of nitrogens with zero attached hydrogens (tertiary/aromatic N) is 3. The van der Waals surface area contributed by atoms with Crippen molar-refractivity contribution in [1.82, 2.24) is 19.9 Å². The van der Waals surface area contributed by atoms with Gasteiger partial charge in [0, 0.05) is 35.1 Å². The van der Waals surface area contributed by atoms with Crippen molar-refractivity contribution in [2.75, 3.05) is 11.9 Å². The number of pyridine rings is 1. The van der Waals surface area contributed by atoms with Crippen LogP contribution in [0.15, 0.2) is 34.6 Å². The summed E-state index contributed by atoms with van der Waals surface area (Å²) in [5.41, 5.74) is 2.00. The second-order valence-electron chi connectivity index (χ2n) is 5.80. The third-order valence-electron chi connectivity index (χ3n) is 4.04. The molecule has 3 aromatic heterocycles. The van der Waals surface area contributed by atoms with Gasteiger partial charge in [0.1, 0.15) is 11.5 Å². The van der Waals surface area contributed by atoms with Gasteiger partial charge in [0.05, 0.1) is 11.5 Å². The molecule has 0 spiro atoms. The lowest BCUT2D eigenvalue weighted by Gasteiger charge is -2.12. The van der Waals surface area contributed by atoms with Crippen molar-refractivity contribution in [2.45, 2.75) is 42.8 Å². The number of hydrogen-bond acceptors (Lipinski definition) is 7. The maximum Gasteiger partial charge on any atom is 0.196 e. The highest BCUT2D eigenvalue weighted by Crippen LogP contribution is 2.31. The van der Waals surface area contributed by atoms with Crippen LogP contribution in [0.25, 0.3) is 11.0 Å². The highest BCUT2D eigenvalue weighted by Gasteiger charge is 2.18. The molecule has 0 amide bonds. The largest absolute Gasteiger partial charge is 0.391 e. The zero-order valence-corrected chi connectivity index (χ0v) is 15.5. The number of fused-ring (bicyclic) bond motifs is 1. The van der Waals surface area contributed by atoms with Gasteiger partial charge in [-0.05, 0) is 36.7 Å². The number of aldehydes is 1. The molecule has 8 heteroatoms. The van der Waals surface area contributed by atoms with Crippen LogP contribution in [0, 0.1) is 0 Å². The number of aliphatic hydroxyl groups is 1. The monoisotopic (exact) mass is 371 g/mol. The van der Waals surface area contributed by atoms with Crippen molar-refractivity contribution in [3.8, 4) is 0 Å². The standard InChI is InChI=1S/C18H21N5O2S/c1-3-11(25)8-20-16-15-13(10-24)14(4-2)21-17(15)23-18(22-16)26-12-6-5-7-19-9-12/h5-7,9-11,25H,3-4,8H2,1-2H3,(H2,20,21,22,23)/t11-/m0/s1. The van der Waals surface area contributed by atoms with E-state index in [2.05, 4.69) is 25.3 Å². The highest BCUT2D eigenvalue weighted by molar-refractivity contribution is 7.99. The lowest BCUT2D eigenvalue weighted by atomic mass is 10.1. The molecule has 3 N–H and O–H groups in total. The van der Waals surface area contributed by atoms with Crippen LogP contribution < -0.4 is 5.32 Å². The van der Waals surface area contributed by atoms with Gasteiger partial charge in [0.15, 0.2) is 11.4 Å². The maximum absolute atomic E-state index is 11.6. The van der Waals surface area contributed by atoms with Crippen molar-refractivity contribution in [1.29, 1.82) is 0 Å². The van der Waals surface area contributed by atoms with Gasteiger partial charge in [-0.1, -0.05) is 13.8 Å². The van der Waals surface area contributed by atoms with Crippen LogP contribution in [0.3, 0.4) is 0 Å². The molecule has 0 radical (unpaired) electrons. The van der Waals surface area contributed by atoms with Crippen LogP contribution in [0.4, 0.5) is 5.82 Å². The van der Waals surface area contributed by atoms with E-state index in [9.17, 15) is 9.90 Å². The lowest BCUT2D eigenvalue weighted by molar-refractivity contribution is 0.112. The summed E-state index contributed by atoms with van der Waals surface area (Å²) in [6, 6.07) is 3.79.